The second kappa shape index (κ2) is 9.67. The molecule has 0 amide bonds. The Balaban J connectivity index is 2.81. The van der Waals surface area contributed by atoms with Crippen molar-refractivity contribution in [1.82, 2.24) is 0 Å². The molecule has 0 radical (unpaired) electrons. The quantitative estimate of drug-likeness (QED) is 0.258. The predicted octanol–water partition coefficient (Wildman–Crippen LogP) is 3.02. The Morgan fingerprint density at radius 1 is 0.929 bits per heavy atom. The van der Waals surface area contributed by atoms with E-state index < -0.39 is 22.4 Å². The van der Waals surface area contributed by atoms with Crippen molar-refractivity contribution in [2.45, 2.75) is 0 Å². The molecule has 144 valence electrons. The Morgan fingerprint density at radius 2 is 1.46 bits per heavy atom. The van der Waals surface area contributed by atoms with Crippen LogP contribution in [0.5, 0.6) is 0 Å². The minimum absolute atomic E-state index is 0.164. The maximum atomic E-state index is 12.6. The van der Waals surface area contributed by atoms with Gasteiger partial charge in [-0.3, -0.25) is 10.1 Å². The summed E-state index contributed by atoms with van der Waals surface area (Å²) in [5.74, 6) is -1.97. The standard InChI is InChI=1S/C20H18N2O6/c1-27-19(23)16(13-22(25)26)17(20(24)28-2)18(14-9-5-3-6-10-14)21-15-11-7-4-8-12-15/h3-13,21H,1-2H3/b16-13+,18-17-. The van der Waals surface area contributed by atoms with Crippen molar-refractivity contribution in [3.05, 3.63) is 93.7 Å². The van der Waals surface area contributed by atoms with Gasteiger partial charge in [-0.2, -0.15) is 0 Å². The fourth-order valence-electron chi connectivity index (χ4n) is 2.43. The van der Waals surface area contributed by atoms with E-state index in [0.29, 0.717) is 17.5 Å². The molecule has 0 spiro atoms. The molecule has 2 aromatic rings. The van der Waals surface area contributed by atoms with Crippen molar-refractivity contribution in [1.29, 1.82) is 0 Å². The van der Waals surface area contributed by atoms with Crippen LogP contribution in [-0.2, 0) is 19.1 Å². The molecule has 2 rings (SSSR count). The highest BCUT2D eigenvalue weighted by atomic mass is 16.6. The number of rotatable bonds is 7. The van der Waals surface area contributed by atoms with Gasteiger partial charge in [-0.1, -0.05) is 48.5 Å². The number of anilines is 1. The van der Waals surface area contributed by atoms with Crippen molar-refractivity contribution in [3.8, 4) is 0 Å². The van der Waals surface area contributed by atoms with Gasteiger partial charge in [-0.05, 0) is 17.7 Å². The van der Waals surface area contributed by atoms with Crippen LogP contribution in [0.3, 0.4) is 0 Å². The summed E-state index contributed by atoms with van der Waals surface area (Å²) in [6.07, 6.45) is 0.424. The zero-order valence-corrected chi connectivity index (χ0v) is 15.2. The fraction of sp³-hybridized carbons (Fsp3) is 0.100. The lowest BCUT2D eigenvalue weighted by atomic mass is 9.99. The number of methoxy groups -OCH3 is 2. The number of esters is 2. The Kier molecular flexibility index (Phi) is 7.04. The smallest absolute Gasteiger partial charge is 0.345 e. The highest BCUT2D eigenvalue weighted by Gasteiger charge is 2.30. The van der Waals surface area contributed by atoms with Crippen molar-refractivity contribution >= 4 is 23.3 Å². The molecule has 0 saturated heterocycles. The summed E-state index contributed by atoms with van der Waals surface area (Å²) in [7, 11) is 2.19. The first-order valence-corrected chi connectivity index (χ1v) is 8.12. The van der Waals surface area contributed by atoms with E-state index in [9.17, 15) is 19.7 Å². The van der Waals surface area contributed by atoms with Crippen LogP contribution in [0.25, 0.3) is 5.70 Å². The fourth-order valence-corrected chi connectivity index (χ4v) is 2.43. The molecule has 0 unspecified atom stereocenters. The first-order chi connectivity index (χ1) is 13.5. The summed E-state index contributed by atoms with van der Waals surface area (Å²) < 4.78 is 9.45. The molecule has 0 aliphatic heterocycles. The van der Waals surface area contributed by atoms with Crippen LogP contribution in [0.2, 0.25) is 0 Å². The van der Waals surface area contributed by atoms with Crippen molar-refractivity contribution in [2.24, 2.45) is 0 Å². The molecule has 0 aliphatic rings. The van der Waals surface area contributed by atoms with Crippen LogP contribution in [0.15, 0.2) is 78.0 Å². The van der Waals surface area contributed by atoms with Gasteiger partial charge in [0.2, 0.25) is 6.20 Å². The Morgan fingerprint density at radius 3 is 1.96 bits per heavy atom. The van der Waals surface area contributed by atoms with Gasteiger partial charge in [-0.25, -0.2) is 9.59 Å². The number of nitrogens with one attached hydrogen (secondary N) is 1. The zero-order chi connectivity index (χ0) is 20.5. The first kappa shape index (κ1) is 20.4. The largest absolute Gasteiger partial charge is 0.465 e. The number of para-hydroxylation sites is 1. The van der Waals surface area contributed by atoms with Gasteiger partial charge in [-0.15, -0.1) is 0 Å². The lowest BCUT2D eigenvalue weighted by Crippen LogP contribution is -2.20. The van der Waals surface area contributed by atoms with Gasteiger partial charge >= 0.3 is 11.9 Å². The van der Waals surface area contributed by atoms with Crippen molar-refractivity contribution < 1.29 is 24.0 Å². The van der Waals surface area contributed by atoms with Gasteiger partial charge in [0.05, 0.1) is 24.8 Å². The maximum absolute atomic E-state index is 12.6. The maximum Gasteiger partial charge on any atom is 0.345 e. The number of carbonyl (C=O) groups is 2. The van der Waals surface area contributed by atoms with Gasteiger partial charge in [0.25, 0.3) is 0 Å². The third-order valence-electron chi connectivity index (χ3n) is 3.65. The van der Waals surface area contributed by atoms with E-state index in [1.807, 2.05) is 6.07 Å². The molecule has 8 heteroatoms. The molecule has 0 saturated carbocycles. The monoisotopic (exact) mass is 382 g/mol. The normalized spacial score (nSPS) is 11.9. The molecule has 8 nitrogen and oxygen atoms in total. The number of benzene rings is 2. The van der Waals surface area contributed by atoms with Crippen LogP contribution in [0.4, 0.5) is 5.69 Å². The summed E-state index contributed by atoms with van der Waals surface area (Å²) in [4.78, 5) is 35.1. The minimum atomic E-state index is -1.04. The molecule has 28 heavy (non-hydrogen) atoms. The number of nitrogens with zero attached hydrogens (tertiary/aromatic N) is 1. The predicted molar refractivity (Wildman–Crippen MR) is 103 cm³/mol. The van der Waals surface area contributed by atoms with Crippen LogP contribution in [0, 0.1) is 10.1 Å². The van der Waals surface area contributed by atoms with Crippen LogP contribution in [0.1, 0.15) is 5.56 Å². The summed E-state index contributed by atoms with van der Waals surface area (Å²) >= 11 is 0. The number of ether oxygens (including phenoxy) is 2. The lowest BCUT2D eigenvalue weighted by Gasteiger charge is -2.17. The SMILES string of the molecule is COC(=O)C(=C(\Nc1ccccc1)c1ccccc1)/C(=C\[N+](=O)[O-])C(=O)OC. The molecular formula is C20H18N2O6. The third kappa shape index (κ3) is 5.04. The topological polar surface area (TPSA) is 108 Å². The van der Waals surface area contributed by atoms with E-state index in [-0.39, 0.29) is 11.3 Å². The molecule has 0 fully saturated rings. The molecule has 2 aromatic carbocycles. The second-order valence-electron chi connectivity index (χ2n) is 5.42. The first-order valence-electron chi connectivity index (χ1n) is 8.12. The highest BCUT2D eigenvalue weighted by molar-refractivity contribution is 6.13. The van der Waals surface area contributed by atoms with Gasteiger partial charge in [0.15, 0.2) is 0 Å². The molecule has 0 bridgehead atoms. The van der Waals surface area contributed by atoms with Gasteiger partial charge < -0.3 is 14.8 Å². The number of carbonyl (C=O) groups excluding carboxylic acids is 2. The van der Waals surface area contributed by atoms with Crippen molar-refractivity contribution in [2.75, 3.05) is 19.5 Å². The third-order valence-corrected chi connectivity index (χ3v) is 3.65. The summed E-state index contributed by atoms with van der Waals surface area (Å²) in [5, 5.41) is 14.1. The molecule has 0 aromatic heterocycles. The lowest BCUT2D eigenvalue weighted by molar-refractivity contribution is -0.403. The molecule has 0 atom stereocenters. The van der Waals surface area contributed by atoms with Gasteiger partial charge in [0.1, 0.15) is 11.1 Å². The van der Waals surface area contributed by atoms with E-state index in [1.54, 1.807) is 54.6 Å². The molecule has 1 N–H and O–H groups in total. The average molecular weight is 382 g/mol. The highest BCUT2D eigenvalue weighted by Crippen LogP contribution is 2.27. The Hall–Kier alpha value is -3.94. The summed E-state index contributed by atoms with van der Waals surface area (Å²) in [6, 6.07) is 17.5. The Labute approximate surface area is 161 Å². The van der Waals surface area contributed by atoms with Gasteiger partial charge in [0, 0.05) is 5.69 Å². The van der Waals surface area contributed by atoms with Crippen LogP contribution >= 0.6 is 0 Å². The van der Waals surface area contributed by atoms with Crippen LogP contribution in [-0.4, -0.2) is 31.1 Å². The van der Waals surface area contributed by atoms with Crippen molar-refractivity contribution in [3.63, 3.8) is 0 Å². The van der Waals surface area contributed by atoms with E-state index >= 15 is 0 Å². The van der Waals surface area contributed by atoms with Crippen LogP contribution < -0.4 is 5.32 Å². The van der Waals surface area contributed by atoms with E-state index in [1.165, 1.54) is 0 Å². The molecule has 0 aliphatic carbocycles. The average Bonchev–Trinajstić information content (AvgIpc) is 2.72. The number of hydrogen-bond acceptors (Lipinski definition) is 7. The summed E-state index contributed by atoms with van der Waals surface area (Å²) in [5.41, 5.74) is 0.429. The second-order valence-corrected chi connectivity index (χ2v) is 5.42. The minimum Gasteiger partial charge on any atom is -0.465 e. The summed E-state index contributed by atoms with van der Waals surface area (Å²) in [6.45, 7) is 0. The Bertz CT molecular complexity index is 920. The molecule has 0 heterocycles. The van der Waals surface area contributed by atoms with E-state index in [4.69, 9.17) is 4.74 Å². The van der Waals surface area contributed by atoms with E-state index in [0.717, 1.165) is 14.2 Å². The number of hydrogen-bond donors (Lipinski definition) is 1. The zero-order valence-electron chi connectivity index (χ0n) is 15.2. The van der Waals surface area contributed by atoms with E-state index in [2.05, 4.69) is 10.1 Å². The number of nitro groups is 1. The molecular weight excluding hydrogens is 364 g/mol.